The van der Waals surface area contributed by atoms with Crippen LogP contribution in [0, 0.1) is 5.82 Å². The normalized spacial score (nSPS) is 9.95. The van der Waals surface area contributed by atoms with Crippen LogP contribution in [0.25, 0.3) is 0 Å². The summed E-state index contributed by atoms with van der Waals surface area (Å²) in [5.41, 5.74) is 0.397. The van der Waals surface area contributed by atoms with Crippen molar-refractivity contribution in [1.29, 1.82) is 0 Å². The number of hydrogen-bond donors (Lipinski definition) is 3. The van der Waals surface area contributed by atoms with Crippen LogP contribution in [0.5, 0.6) is 0 Å². The topological polar surface area (TPSA) is 79.5 Å². The second-order valence-corrected chi connectivity index (χ2v) is 3.95. The molecule has 0 aliphatic carbocycles. The molecule has 6 nitrogen and oxygen atoms in total. The van der Waals surface area contributed by atoms with Crippen LogP contribution in [0.15, 0.2) is 18.2 Å². The van der Waals surface area contributed by atoms with Gasteiger partial charge in [0, 0.05) is 25.8 Å². The Hall–Kier alpha value is -2.15. The van der Waals surface area contributed by atoms with Crippen molar-refractivity contribution in [3.8, 4) is 0 Å². The first-order valence-electron chi connectivity index (χ1n) is 6.22. The maximum atomic E-state index is 13.4. The van der Waals surface area contributed by atoms with Gasteiger partial charge in [-0.25, -0.2) is 9.18 Å². The van der Waals surface area contributed by atoms with E-state index in [-0.39, 0.29) is 11.6 Å². The molecule has 0 aliphatic heterocycles. The number of halogens is 1. The molecule has 3 N–H and O–H groups in total. The van der Waals surface area contributed by atoms with Crippen molar-refractivity contribution in [1.82, 2.24) is 5.32 Å². The van der Waals surface area contributed by atoms with Crippen LogP contribution in [0.4, 0.5) is 20.6 Å². The highest BCUT2D eigenvalue weighted by atomic mass is 19.1. The highest BCUT2D eigenvalue weighted by Crippen LogP contribution is 2.19. The Bertz CT molecular complexity index is 480. The van der Waals surface area contributed by atoms with Crippen molar-refractivity contribution in [2.75, 3.05) is 30.4 Å². The Morgan fingerprint density at radius 3 is 2.70 bits per heavy atom. The van der Waals surface area contributed by atoms with E-state index in [4.69, 9.17) is 4.74 Å². The number of amides is 3. The standard InChI is InChI=1S/C13H18FN3O3/c1-3-20-7-6-15-13(19)17-10-4-5-11(14)12(8-10)16-9(2)18/h4-5,8H,3,6-7H2,1-2H3,(H,16,18)(H2,15,17,19). The summed E-state index contributed by atoms with van der Waals surface area (Å²) in [6.45, 7) is 4.52. The minimum atomic E-state index is -0.567. The average molecular weight is 283 g/mol. The van der Waals surface area contributed by atoms with Crippen molar-refractivity contribution in [2.24, 2.45) is 0 Å². The zero-order chi connectivity index (χ0) is 15.0. The summed E-state index contributed by atoms with van der Waals surface area (Å²) in [7, 11) is 0. The van der Waals surface area contributed by atoms with E-state index in [1.165, 1.54) is 25.1 Å². The molecule has 0 saturated heterocycles. The van der Waals surface area contributed by atoms with Crippen LogP contribution >= 0.6 is 0 Å². The smallest absolute Gasteiger partial charge is 0.319 e. The van der Waals surface area contributed by atoms with E-state index in [0.29, 0.717) is 25.4 Å². The number of ether oxygens (including phenoxy) is 1. The van der Waals surface area contributed by atoms with Crippen molar-refractivity contribution in [2.45, 2.75) is 13.8 Å². The second kappa shape index (κ2) is 8.11. The maximum absolute atomic E-state index is 13.4. The van der Waals surface area contributed by atoms with Crippen LogP contribution in [-0.2, 0) is 9.53 Å². The number of hydrogen-bond acceptors (Lipinski definition) is 3. The monoisotopic (exact) mass is 283 g/mol. The lowest BCUT2D eigenvalue weighted by Gasteiger charge is -2.10. The lowest BCUT2D eigenvalue weighted by Crippen LogP contribution is -2.31. The van der Waals surface area contributed by atoms with Gasteiger partial charge < -0.3 is 20.7 Å². The largest absolute Gasteiger partial charge is 0.380 e. The third-order valence-electron chi connectivity index (χ3n) is 2.27. The summed E-state index contributed by atoms with van der Waals surface area (Å²) in [4.78, 5) is 22.4. The van der Waals surface area contributed by atoms with E-state index in [2.05, 4.69) is 16.0 Å². The van der Waals surface area contributed by atoms with Crippen molar-refractivity contribution in [3.63, 3.8) is 0 Å². The Balaban J connectivity index is 2.54. The van der Waals surface area contributed by atoms with Gasteiger partial charge >= 0.3 is 6.03 Å². The Labute approximate surface area is 116 Å². The molecule has 3 amide bonds. The van der Waals surface area contributed by atoms with E-state index in [0.717, 1.165) is 0 Å². The highest BCUT2D eigenvalue weighted by Gasteiger charge is 2.07. The summed E-state index contributed by atoms with van der Waals surface area (Å²) >= 11 is 0. The van der Waals surface area contributed by atoms with Crippen molar-refractivity contribution >= 4 is 23.3 Å². The van der Waals surface area contributed by atoms with Gasteiger partial charge in [0.1, 0.15) is 5.82 Å². The molecule has 0 radical (unpaired) electrons. The Kier molecular flexibility index (Phi) is 6.45. The molecule has 0 aliphatic rings. The predicted molar refractivity (Wildman–Crippen MR) is 74.2 cm³/mol. The van der Waals surface area contributed by atoms with Gasteiger partial charge in [0.05, 0.1) is 12.3 Å². The number of anilines is 2. The van der Waals surface area contributed by atoms with Gasteiger partial charge in [-0.2, -0.15) is 0 Å². The summed E-state index contributed by atoms with van der Waals surface area (Å²) < 4.78 is 18.5. The van der Waals surface area contributed by atoms with Gasteiger partial charge in [-0.1, -0.05) is 0 Å². The quantitative estimate of drug-likeness (QED) is 0.698. The predicted octanol–water partition coefficient (Wildman–Crippen LogP) is 1.94. The zero-order valence-electron chi connectivity index (χ0n) is 11.5. The average Bonchev–Trinajstić information content (AvgIpc) is 2.38. The van der Waals surface area contributed by atoms with Gasteiger partial charge in [0.25, 0.3) is 0 Å². The van der Waals surface area contributed by atoms with E-state index in [9.17, 15) is 14.0 Å². The molecule has 1 aromatic rings. The molecule has 20 heavy (non-hydrogen) atoms. The Morgan fingerprint density at radius 2 is 2.05 bits per heavy atom. The van der Waals surface area contributed by atoms with Crippen LogP contribution in [0.2, 0.25) is 0 Å². The van der Waals surface area contributed by atoms with Crippen LogP contribution in [-0.4, -0.2) is 31.7 Å². The minimum Gasteiger partial charge on any atom is -0.380 e. The van der Waals surface area contributed by atoms with Crippen molar-refractivity contribution in [3.05, 3.63) is 24.0 Å². The van der Waals surface area contributed by atoms with Gasteiger partial charge in [-0.05, 0) is 25.1 Å². The van der Waals surface area contributed by atoms with Gasteiger partial charge in [0.15, 0.2) is 0 Å². The molecule has 0 saturated carbocycles. The lowest BCUT2D eigenvalue weighted by atomic mass is 10.2. The fourth-order valence-electron chi connectivity index (χ4n) is 1.44. The first kappa shape index (κ1) is 15.9. The summed E-state index contributed by atoms with van der Waals surface area (Å²) in [5.74, 6) is -0.954. The summed E-state index contributed by atoms with van der Waals surface area (Å²) in [5, 5.41) is 7.46. The highest BCUT2D eigenvalue weighted by molar-refractivity contribution is 5.92. The zero-order valence-corrected chi connectivity index (χ0v) is 11.5. The summed E-state index contributed by atoms with van der Waals surface area (Å²) in [6.07, 6.45) is 0. The molecule has 0 aromatic heterocycles. The Morgan fingerprint density at radius 1 is 1.30 bits per heavy atom. The lowest BCUT2D eigenvalue weighted by molar-refractivity contribution is -0.114. The molecule has 0 spiro atoms. The first-order chi connectivity index (χ1) is 9.52. The molecule has 1 aromatic carbocycles. The summed E-state index contributed by atoms with van der Waals surface area (Å²) in [6, 6.07) is 3.49. The van der Waals surface area contributed by atoms with Crippen LogP contribution in [0.3, 0.4) is 0 Å². The molecule has 1 rings (SSSR count). The van der Waals surface area contributed by atoms with E-state index in [1.807, 2.05) is 6.92 Å². The molecule has 0 bridgehead atoms. The molecule has 110 valence electrons. The van der Waals surface area contributed by atoms with Crippen LogP contribution < -0.4 is 16.0 Å². The third-order valence-corrected chi connectivity index (χ3v) is 2.27. The number of rotatable bonds is 6. The molecular weight excluding hydrogens is 265 g/mol. The molecule has 0 atom stereocenters. The number of carbonyl (C=O) groups is 2. The number of benzene rings is 1. The van der Waals surface area contributed by atoms with Crippen molar-refractivity contribution < 1.29 is 18.7 Å². The van der Waals surface area contributed by atoms with Gasteiger partial charge in [-0.15, -0.1) is 0 Å². The fourth-order valence-corrected chi connectivity index (χ4v) is 1.44. The molecular formula is C13H18FN3O3. The second-order valence-electron chi connectivity index (χ2n) is 3.95. The number of carbonyl (C=O) groups excluding carboxylic acids is 2. The number of urea groups is 1. The van der Waals surface area contributed by atoms with E-state index in [1.54, 1.807) is 0 Å². The molecule has 0 heterocycles. The van der Waals surface area contributed by atoms with E-state index >= 15 is 0 Å². The van der Waals surface area contributed by atoms with Gasteiger partial charge in [0.2, 0.25) is 5.91 Å². The maximum Gasteiger partial charge on any atom is 0.319 e. The molecule has 0 unspecified atom stereocenters. The molecule has 7 heteroatoms. The minimum absolute atomic E-state index is 0.0182. The van der Waals surface area contributed by atoms with Gasteiger partial charge in [-0.3, -0.25) is 4.79 Å². The SMILES string of the molecule is CCOCCNC(=O)Nc1ccc(F)c(NC(C)=O)c1. The first-order valence-corrected chi connectivity index (χ1v) is 6.22. The van der Waals surface area contributed by atoms with E-state index < -0.39 is 11.8 Å². The number of nitrogens with one attached hydrogen (secondary N) is 3. The van der Waals surface area contributed by atoms with Crippen LogP contribution in [0.1, 0.15) is 13.8 Å². The third kappa shape index (κ3) is 5.66. The fraction of sp³-hybridized carbons (Fsp3) is 0.385. The molecule has 0 fully saturated rings.